The number of esters is 1. The molecule has 0 aromatic heterocycles. The van der Waals surface area contributed by atoms with Crippen LogP contribution in [0.3, 0.4) is 0 Å². The van der Waals surface area contributed by atoms with Gasteiger partial charge in [0.2, 0.25) is 5.91 Å². The zero-order valence-corrected chi connectivity index (χ0v) is 20.5. The van der Waals surface area contributed by atoms with Crippen molar-refractivity contribution < 1.29 is 14.3 Å². The summed E-state index contributed by atoms with van der Waals surface area (Å²) < 4.78 is 5.07. The Balaban J connectivity index is 1.90. The van der Waals surface area contributed by atoms with Crippen molar-refractivity contribution in [3.05, 3.63) is 71.6 Å². The van der Waals surface area contributed by atoms with E-state index in [1.807, 2.05) is 57.2 Å². The molecule has 1 amide bonds. The molecule has 2 rings (SSSR count). The molecule has 34 heavy (non-hydrogen) atoms. The topological polar surface area (TPSA) is 123 Å². The summed E-state index contributed by atoms with van der Waals surface area (Å²) in [4.78, 5) is 24.9. The van der Waals surface area contributed by atoms with Crippen molar-refractivity contribution in [2.45, 2.75) is 40.7 Å². The molecule has 2 aromatic carbocycles. The Morgan fingerprint density at radius 3 is 2.26 bits per heavy atom. The summed E-state index contributed by atoms with van der Waals surface area (Å²) in [7, 11) is 0. The van der Waals surface area contributed by atoms with Gasteiger partial charge in [0.05, 0.1) is 19.7 Å². The van der Waals surface area contributed by atoms with Crippen LogP contribution in [0, 0.1) is 18.8 Å². The maximum Gasteiger partial charge on any atom is 0.318 e. The second-order valence-electron chi connectivity index (χ2n) is 8.72. The first-order valence-corrected chi connectivity index (χ1v) is 11.5. The number of hydrazine groups is 1. The fraction of sp³-hybridized carbons (Fsp3) is 0.385. The number of aryl methyl sites for hydroxylation is 1. The summed E-state index contributed by atoms with van der Waals surface area (Å²) in [6, 6.07) is 15.4. The molecule has 184 valence electrons. The molecule has 0 aliphatic rings. The van der Waals surface area contributed by atoms with E-state index in [2.05, 4.69) is 10.6 Å². The highest BCUT2D eigenvalue weighted by atomic mass is 16.5. The van der Waals surface area contributed by atoms with Crippen LogP contribution in [0.5, 0.6) is 0 Å². The number of nitrogens with one attached hydrogen (secondary N) is 2. The Morgan fingerprint density at radius 1 is 1.06 bits per heavy atom. The monoisotopic (exact) mass is 467 g/mol. The highest BCUT2D eigenvalue weighted by Gasteiger charge is 2.28. The second kappa shape index (κ2) is 13.3. The lowest BCUT2D eigenvalue weighted by atomic mass is 9.96. The molecule has 0 fully saturated rings. The molecule has 0 aliphatic carbocycles. The van der Waals surface area contributed by atoms with Gasteiger partial charge in [-0.15, -0.1) is 0 Å². The first kappa shape index (κ1) is 26.7. The molecule has 6 N–H and O–H groups in total. The second-order valence-corrected chi connectivity index (χ2v) is 8.72. The molecule has 1 atom stereocenters. The van der Waals surface area contributed by atoms with Crippen molar-refractivity contribution in [3.63, 3.8) is 0 Å². The van der Waals surface area contributed by atoms with E-state index in [9.17, 15) is 9.59 Å². The molecule has 0 bridgehead atoms. The van der Waals surface area contributed by atoms with Crippen LogP contribution in [0.4, 0.5) is 11.4 Å². The van der Waals surface area contributed by atoms with Gasteiger partial charge in [-0.2, -0.15) is 0 Å². The number of nitrogens with two attached hydrogens (primary N) is 2. The quantitative estimate of drug-likeness (QED) is 0.162. The number of benzene rings is 2. The molecule has 0 heterocycles. The lowest BCUT2D eigenvalue weighted by molar-refractivity contribution is -0.151. The van der Waals surface area contributed by atoms with Gasteiger partial charge in [0.25, 0.3) is 0 Å². The van der Waals surface area contributed by atoms with Crippen LogP contribution in [0.25, 0.3) is 0 Å². The summed E-state index contributed by atoms with van der Waals surface area (Å²) >= 11 is 0. The van der Waals surface area contributed by atoms with Crippen LogP contribution in [-0.4, -0.2) is 30.0 Å². The minimum atomic E-state index is -0.833. The summed E-state index contributed by atoms with van der Waals surface area (Å²) in [6.45, 7) is 8.85. The number of anilines is 2. The van der Waals surface area contributed by atoms with E-state index in [-0.39, 0.29) is 18.4 Å². The molecule has 8 nitrogen and oxygen atoms in total. The number of amides is 1. The highest BCUT2D eigenvalue weighted by Crippen LogP contribution is 2.18. The van der Waals surface area contributed by atoms with E-state index in [0.29, 0.717) is 30.9 Å². The van der Waals surface area contributed by atoms with Gasteiger partial charge in [0.1, 0.15) is 5.92 Å². The number of ether oxygens (including phenoxy) is 1. The largest absolute Gasteiger partial charge is 0.465 e. The summed E-state index contributed by atoms with van der Waals surface area (Å²) in [5.74, 6) is 4.58. The Hall–Kier alpha value is -3.52. The number of hydrogen-bond donors (Lipinski definition) is 4. The lowest BCUT2D eigenvalue weighted by Crippen LogP contribution is -2.32. The first-order chi connectivity index (χ1) is 16.2. The number of carbonyl (C=O) groups excluding carboxylic acids is 2. The fourth-order valence-electron chi connectivity index (χ4n) is 3.34. The fourth-order valence-corrected chi connectivity index (χ4v) is 3.34. The van der Waals surface area contributed by atoms with E-state index in [0.717, 1.165) is 11.3 Å². The molecule has 0 saturated carbocycles. The molecule has 0 saturated heterocycles. The zero-order chi connectivity index (χ0) is 25.1. The minimum absolute atomic E-state index is 0.186. The van der Waals surface area contributed by atoms with Crippen LogP contribution >= 0.6 is 0 Å². The van der Waals surface area contributed by atoms with Crippen LogP contribution in [0.1, 0.15) is 38.3 Å². The third kappa shape index (κ3) is 9.15. The van der Waals surface area contributed by atoms with Crippen LogP contribution in [0.2, 0.25) is 0 Å². The van der Waals surface area contributed by atoms with E-state index in [1.54, 1.807) is 25.3 Å². The zero-order valence-electron chi connectivity index (χ0n) is 20.5. The minimum Gasteiger partial charge on any atom is -0.465 e. The SMILES string of the molecule is CCOC(=O)C(CC(C)C)C(=O)Nc1ccc(CN(N)/C=C(\N)CNc2ccc(C)cc2)cc1. The molecule has 8 heteroatoms. The molecular formula is C26H37N5O3. The van der Waals surface area contributed by atoms with E-state index in [4.69, 9.17) is 16.3 Å². The van der Waals surface area contributed by atoms with Crippen molar-refractivity contribution in [1.82, 2.24) is 5.01 Å². The van der Waals surface area contributed by atoms with Crippen molar-refractivity contribution in [2.24, 2.45) is 23.4 Å². The Bertz CT molecular complexity index is 955. The Morgan fingerprint density at radius 2 is 1.68 bits per heavy atom. The lowest BCUT2D eigenvalue weighted by Gasteiger charge is -2.18. The molecule has 0 spiro atoms. The molecular weight excluding hydrogens is 430 g/mol. The van der Waals surface area contributed by atoms with Crippen molar-refractivity contribution in [3.8, 4) is 0 Å². The predicted molar refractivity (Wildman–Crippen MR) is 136 cm³/mol. The molecule has 2 aromatic rings. The summed E-state index contributed by atoms with van der Waals surface area (Å²) in [6.07, 6.45) is 2.12. The molecule has 0 radical (unpaired) electrons. The summed E-state index contributed by atoms with van der Waals surface area (Å²) in [5.41, 5.74) is 10.4. The van der Waals surface area contributed by atoms with Gasteiger partial charge in [0.15, 0.2) is 0 Å². The third-order valence-electron chi connectivity index (χ3n) is 5.06. The Kier molecular flexibility index (Phi) is 10.4. The Labute approximate surface area is 202 Å². The maximum atomic E-state index is 12.7. The first-order valence-electron chi connectivity index (χ1n) is 11.5. The molecule has 0 aliphatic heterocycles. The number of nitrogens with zero attached hydrogens (tertiary/aromatic N) is 1. The molecule has 1 unspecified atom stereocenters. The third-order valence-corrected chi connectivity index (χ3v) is 5.06. The van der Waals surface area contributed by atoms with Gasteiger partial charge in [-0.25, -0.2) is 5.84 Å². The standard InChI is InChI=1S/C26H37N5O3/c1-5-34-26(33)24(14-18(2)3)25(32)30-23-12-8-20(9-13-23)16-31(28)17-21(27)15-29-22-10-6-19(4)7-11-22/h6-13,17-18,24,29H,5,14-16,27-28H2,1-4H3,(H,30,32)/b21-17-. The van der Waals surface area contributed by atoms with E-state index < -0.39 is 11.9 Å². The van der Waals surface area contributed by atoms with Gasteiger partial charge in [-0.1, -0.05) is 43.7 Å². The summed E-state index contributed by atoms with van der Waals surface area (Å²) in [5, 5.41) is 7.58. The number of carbonyl (C=O) groups is 2. The van der Waals surface area contributed by atoms with Crippen LogP contribution < -0.4 is 22.2 Å². The average Bonchev–Trinajstić information content (AvgIpc) is 2.78. The van der Waals surface area contributed by atoms with Crippen molar-refractivity contribution in [2.75, 3.05) is 23.8 Å². The van der Waals surface area contributed by atoms with Gasteiger partial charge >= 0.3 is 5.97 Å². The van der Waals surface area contributed by atoms with Crippen LogP contribution in [0.15, 0.2) is 60.4 Å². The van der Waals surface area contributed by atoms with Gasteiger partial charge < -0.3 is 26.1 Å². The van der Waals surface area contributed by atoms with E-state index >= 15 is 0 Å². The smallest absolute Gasteiger partial charge is 0.318 e. The normalized spacial score (nSPS) is 12.2. The van der Waals surface area contributed by atoms with Crippen LogP contribution in [-0.2, 0) is 20.9 Å². The number of hydrogen-bond acceptors (Lipinski definition) is 7. The van der Waals surface area contributed by atoms with Gasteiger partial charge in [-0.05, 0) is 56.0 Å². The van der Waals surface area contributed by atoms with Crippen molar-refractivity contribution >= 4 is 23.3 Å². The maximum absolute atomic E-state index is 12.7. The van der Waals surface area contributed by atoms with Crippen molar-refractivity contribution in [1.29, 1.82) is 0 Å². The predicted octanol–water partition coefficient (Wildman–Crippen LogP) is 3.75. The van der Waals surface area contributed by atoms with Gasteiger partial charge in [-0.3, -0.25) is 9.59 Å². The number of rotatable bonds is 12. The highest BCUT2D eigenvalue weighted by molar-refractivity contribution is 6.04. The van der Waals surface area contributed by atoms with E-state index in [1.165, 1.54) is 10.6 Å². The average molecular weight is 468 g/mol. The van der Waals surface area contributed by atoms with Gasteiger partial charge in [0, 0.05) is 23.3 Å².